The van der Waals surface area contributed by atoms with Crippen molar-refractivity contribution in [3.05, 3.63) is 29.6 Å². The lowest BCUT2D eigenvalue weighted by Gasteiger charge is -2.36. The van der Waals surface area contributed by atoms with Crippen LogP contribution < -0.4 is 4.74 Å². The van der Waals surface area contributed by atoms with Crippen LogP contribution in [0.5, 0.6) is 5.75 Å². The lowest BCUT2D eigenvalue weighted by atomic mass is 9.73. The second-order valence-corrected chi connectivity index (χ2v) is 6.29. The molecule has 1 aromatic rings. The number of halogens is 3. The van der Waals surface area contributed by atoms with Crippen LogP contribution in [0.3, 0.4) is 0 Å². The molecule has 1 aliphatic carbocycles. The molecule has 0 N–H and O–H groups in total. The van der Waals surface area contributed by atoms with E-state index in [9.17, 15) is 4.39 Å². The SMILES string of the molecule is COc1ccc(CC(CCl)(CCl)C2CCCC2)cc1F. The van der Waals surface area contributed by atoms with Crippen LogP contribution in [0.4, 0.5) is 4.39 Å². The zero-order chi connectivity index (χ0) is 14.6. The van der Waals surface area contributed by atoms with E-state index in [-0.39, 0.29) is 17.0 Å². The monoisotopic (exact) mass is 318 g/mol. The summed E-state index contributed by atoms with van der Waals surface area (Å²) in [5, 5.41) is 0. The van der Waals surface area contributed by atoms with Gasteiger partial charge in [-0.25, -0.2) is 4.39 Å². The zero-order valence-electron chi connectivity index (χ0n) is 11.8. The van der Waals surface area contributed by atoms with Crippen LogP contribution in [0.1, 0.15) is 31.2 Å². The number of rotatable bonds is 6. The highest BCUT2D eigenvalue weighted by atomic mass is 35.5. The average molecular weight is 319 g/mol. The minimum atomic E-state index is -0.325. The molecule has 4 heteroatoms. The Morgan fingerprint density at radius 3 is 2.40 bits per heavy atom. The molecule has 0 amide bonds. The van der Waals surface area contributed by atoms with E-state index in [4.69, 9.17) is 27.9 Å². The van der Waals surface area contributed by atoms with Gasteiger partial charge in [0.2, 0.25) is 0 Å². The second kappa shape index (κ2) is 7.00. The molecule has 0 bridgehead atoms. The first-order chi connectivity index (χ1) is 9.65. The molecule has 1 saturated carbocycles. The molecule has 20 heavy (non-hydrogen) atoms. The predicted octanol–water partition coefficient (Wildman–Crippen LogP) is 5.03. The Labute approximate surface area is 130 Å². The molecule has 0 atom stereocenters. The fourth-order valence-electron chi connectivity index (χ4n) is 3.26. The molecule has 0 saturated heterocycles. The van der Waals surface area contributed by atoms with Crippen LogP contribution in [0.25, 0.3) is 0 Å². The van der Waals surface area contributed by atoms with Gasteiger partial charge in [-0.3, -0.25) is 0 Å². The van der Waals surface area contributed by atoms with Crippen LogP contribution in [0.2, 0.25) is 0 Å². The van der Waals surface area contributed by atoms with Crippen LogP contribution in [-0.4, -0.2) is 18.9 Å². The molecule has 0 heterocycles. The molecular weight excluding hydrogens is 298 g/mol. The Kier molecular flexibility index (Phi) is 5.57. The van der Waals surface area contributed by atoms with Gasteiger partial charge in [-0.1, -0.05) is 18.9 Å². The Bertz CT molecular complexity index is 440. The number of ether oxygens (including phenoxy) is 1. The van der Waals surface area contributed by atoms with E-state index in [0.717, 1.165) is 12.0 Å². The third-order valence-corrected chi connectivity index (χ3v) is 5.59. The van der Waals surface area contributed by atoms with Crippen molar-refractivity contribution in [3.63, 3.8) is 0 Å². The van der Waals surface area contributed by atoms with E-state index >= 15 is 0 Å². The molecule has 1 aromatic carbocycles. The number of hydrogen-bond acceptors (Lipinski definition) is 1. The van der Waals surface area contributed by atoms with Crippen LogP contribution in [-0.2, 0) is 6.42 Å². The number of methoxy groups -OCH3 is 1. The zero-order valence-corrected chi connectivity index (χ0v) is 13.3. The van der Waals surface area contributed by atoms with Crippen molar-refractivity contribution in [3.8, 4) is 5.75 Å². The van der Waals surface area contributed by atoms with Crippen LogP contribution >= 0.6 is 23.2 Å². The standard InChI is InChI=1S/C16H21Cl2FO/c1-20-15-7-6-12(8-14(15)19)9-16(10-17,11-18)13-4-2-3-5-13/h6-8,13H,2-5,9-11H2,1H3. The quantitative estimate of drug-likeness (QED) is 0.668. The number of hydrogen-bond donors (Lipinski definition) is 0. The molecule has 0 aromatic heterocycles. The summed E-state index contributed by atoms with van der Waals surface area (Å²) in [5.41, 5.74) is 0.817. The molecule has 1 fully saturated rings. The first-order valence-electron chi connectivity index (χ1n) is 7.09. The third kappa shape index (κ3) is 3.23. The van der Waals surface area contributed by atoms with Crippen molar-refractivity contribution in [1.29, 1.82) is 0 Å². The van der Waals surface area contributed by atoms with Crippen LogP contribution in [0, 0.1) is 17.2 Å². The summed E-state index contributed by atoms with van der Waals surface area (Å²) < 4.78 is 18.8. The van der Waals surface area contributed by atoms with Gasteiger partial charge in [0, 0.05) is 17.2 Å². The number of alkyl halides is 2. The average Bonchev–Trinajstić information content (AvgIpc) is 3.00. The molecule has 0 radical (unpaired) electrons. The molecule has 0 unspecified atom stereocenters. The maximum absolute atomic E-state index is 13.8. The third-order valence-electron chi connectivity index (χ3n) is 4.53. The Balaban J connectivity index is 2.21. The van der Waals surface area contributed by atoms with Gasteiger partial charge in [-0.05, 0) is 42.9 Å². The van der Waals surface area contributed by atoms with Gasteiger partial charge < -0.3 is 4.74 Å². The first-order valence-corrected chi connectivity index (χ1v) is 8.16. The molecule has 1 aliphatic rings. The lowest BCUT2D eigenvalue weighted by Crippen LogP contribution is -2.35. The highest BCUT2D eigenvalue weighted by molar-refractivity contribution is 6.21. The maximum atomic E-state index is 13.8. The van der Waals surface area contributed by atoms with Gasteiger partial charge in [0.15, 0.2) is 11.6 Å². The molecule has 0 spiro atoms. The molecule has 1 nitrogen and oxygen atoms in total. The maximum Gasteiger partial charge on any atom is 0.165 e. The van der Waals surface area contributed by atoms with Crippen molar-refractivity contribution in [1.82, 2.24) is 0 Å². The predicted molar refractivity (Wildman–Crippen MR) is 82.5 cm³/mol. The van der Waals surface area contributed by atoms with Gasteiger partial charge in [0.05, 0.1) is 7.11 Å². The van der Waals surface area contributed by atoms with Crippen molar-refractivity contribution in [2.45, 2.75) is 32.1 Å². The highest BCUT2D eigenvalue weighted by Crippen LogP contribution is 2.44. The lowest BCUT2D eigenvalue weighted by molar-refractivity contribution is 0.224. The van der Waals surface area contributed by atoms with Crippen LogP contribution in [0.15, 0.2) is 18.2 Å². The van der Waals surface area contributed by atoms with E-state index < -0.39 is 0 Å². The van der Waals surface area contributed by atoms with E-state index in [1.54, 1.807) is 12.1 Å². The van der Waals surface area contributed by atoms with E-state index in [2.05, 4.69) is 0 Å². The summed E-state index contributed by atoms with van der Waals surface area (Å²) in [4.78, 5) is 0. The largest absolute Gasteiger partial charge is 0.494 e. The summed E-state index contributed by atoms with van der Waals surface area (Å²) in [5.74, 6) is 1.54. The summed E-state index contributed by atoms with van der Waals surface area (Å²) in [7, 11) is 1.47. The summed E-state index contributed by atoms with van der Waals surface area (Å²) >= 11 is 12.5. The minimum Gasteiger partial charge on any atom is -0.494 e. The van der Waals surface area contributed by atoms with Gasteiger partial charge in [-0.2, -0.15) is 0 Å². The van der Waals surface area contributed by atoms with Crippen molar-refractivity contribution < 1.29 is 9.13 Å². The smallest absolute Gasteiger partial charge is 0.165 e. The highest BCUT2D eigenvalue weighted by Gasteiger charge is 2.39. The van der Waals surface area contributed by atoms with Gasteiger partial charge in [0.25, 0.3) is 0 Å². The van der Waals surface area contributed by atoms with Crippen molar-refractivity contribution in [2.24, 2.45) is 11.3 Å². The Hall–Kier alpha value is -0.470. The van der Waals surface area contributed by atoms with Crippen molar-refractivity contribution >= 4 is 23.2 Å². The number of benzene rings is 1. The molecular formula is C16H21Cl2FO. The Morgan fingerprint density at radius 2 is 1.90 bits per heavy atom. The molecule has 0 aliphatic heterocycles. The van der Waals surface area contributed by atoms with E-state index in [0.29, 0.717) is 17.7 Å². The Morgan fingerprint density at radius 1 is 1.25 bits per heavy atom. The van der Waals surface area contributed by atoms with Gasteiger partial charge in [-0.15, -0.1) is 23.2 Å². The van der Waals surface area contributed by atoms with Crippen molar-refractivity contribution in [2.75, 3.05) is 18.9 Å². The topological polar surface area (TPSA) is 9.23 Å². The first kappa shape index (κ1) is 15.9. The second-order valence-electron chi connectivity index (χ2n) is 5.76. The minimum absolute atomic E-state index is 0.124. The fraction of sp³-hybridized carbons (Fsp3) is 0.625. The summed E-state index contributed by atoms with van der Waals surface area (Å²) in [6.07, 6.45) is 5.58. The normalized spacial score (nSPS) is 16.6. The fourth-order valence-corrected chi connectivity index (χ4v) is 4.17. The summed E-state index contributed by atoms with van der Waals surface area (Å²) in [6.45, 7) is 0. The molecule has 112 valence electrons. The molecule has 2 rings (SSSR count). The van der Waals surface area contributed by atoms with E-state index in [1.807, 2.05) is 6.07 Å². The summed E-state index contributed by atoms with van der Waals surface area (Å²) in [6, 6.07) is 5.12. The van der Waals surface area contributed by atoms with E-state index in [1.165, 1.54) is 32.8 Å². The van der Waals surface area contributed by atoms with Gasteiger partial charge >= 0.3 is 0 Å². The van der Waals surface area contributed by atoms with Gasteiger partial charge in [0.1, 0.15) is 0 Å².